The van der Waals surface area contributed by atoms with E-state index in [1.807, 2.05) is 25.7 Å². The number of carbonyl (C=O) groups excluding carboxylic acids is 1. The number of hydrogen-bond acceptors (Lipinski definition) is 4. The molecule has 3 unspecified atom stereocenters. The number of rotatable bonds is 7. The van der Waals surface area contributed by atoms with E-state index >= 15 is 0 Å². The molecule has 0 N–H and O–H groups in total. The Morgan fingerprint density at radius 2 is 1.97 bits per heavy atom. The number of likely N-dealkylation sites (N-methyl/N-ethyl adjacent to an activating group) is 1. The van der Waals surface area contributed by atoms with Crippen molar-refractivity contribution in [3.63, 3.8) is 0 Å². The molecule has 0 aliphatic carbocycles. The van der Waals surface area contributed by atoms with Crippen molar-refractivity contribution in [2.75, 3.05) is 39.9 Å². The Bertz CT molecular complexity index is 430. The minimum atomic E-state index is -0.317. The average molecular weight is 415 g/mol. The topological polar surface area (TPSA) is 42.0 Å². The highest BCUT2D eigenvalue weighted by atomic mass is 16.7. The van der Waals surface area contributed by atoms with Crippen molar-refractivity contribution in [1.29, 1.82) is 0 Å². The summed E-state index contributed by atoms with van der Waals surface area (Å²) in [4.78, 5) is 17.6. The monoisotopic (exact) mass is 414 g/mol. The van der Waals surface area contributed by atoms with Crippen molar-refractivity contribution in [3.05, 3.63) is 12.7 Å². The van der Waals surface area contributed by atoms with Crippen LogP contribution in [0, 0.1) is 5.92 Å². The molecule has 0 aromatic rings. The van der Waals surface area contributed by atoms with Gasteiger partial charge < -0.3 is 14.4 Å². The van der Waals surface area contributed by atoms with E-state index in [4.69, 9.17) is 9.47 Å². The van der Waals surface area contributed by atoms with Gasteiger partial charge in [0, 0.05) is 13.2 Å². The molecule has 174 valence electrons. The molecule has 2 fully saturated rings. The summed E-state index contributed by atoms with van der Waals surface area (Å²) in [5, 5.41) is 0. The number of likely N-dealkylation sites (tertiary alicyclic amines) is 1. The predicted molar refractivity (Wildman–Crippen MR) is 125 cm³/mol. The minimum absolute atomic E-state index is 0. The quantitative estimate of drug-likeness (QED) is 0.526. The van der Waals surface area contributed by atoms with Gasteiger partial charge in [0.05, 0.1) is 13.2 Å². The van der Waals surface area contributed by atoms with E-state index < -0.39 is 0 Å². The smallest absolute Gasteiger partial charge is 0.243 e. The molecular weight excluding hydrogens is 364 g/mol. The Morgan fingerprint density at radius 3 is 2.45 bits per heavy atom. The minimum Gasteiger partial charge on any atom is -0.351 e. The fourth-order valence-electron chi connectivity index (χ4n) is 3.80. The molecular formula is C24H50N2O3. The fourth-order valence-corrected chi connectivity index (χ4v) is 3.80. The summed E-state index contributed by atoms with van der Waals surface area (Å²) in [5.41, 5.74) is -0.317. The highest BCUT2D eigenvalue weighted by Gasteiger charge is 2.48. The average Bonchev–Trinajstić information content (AvgIpc) is 3.09. The largest absolute Gasteiger partial charge is 0.351 e. The molecule has 0 radical (unpaired) electrons. The zero-order valence-corrected chi connectivity index (χ0v) is 19.6. The van der Waals surface area contributed by atoms with E-state index in [1.165, 1.54) is 0 Å². The maximum Gasteiger partial charge on any atom is 0.243 e. The first-order valence-electron chi connectivity index (χ1n) is 11.3. The first kappa shape index (κ1) is 30.3. The van der Waals surface area contributed by atoms with Crippen LogP contribution in [0.1, 0.15) is 81.1 Å². The van der Waals surface area contributed by atoms with Crippen LogP contribution in [-0.4, -0.2) is 67.4 Å². The first-order chi connectivity index (χ1) is 13.4. The van der Waals surface area contributed by atoms with Crippen LogP contribution in [0.2, 0.25) is 0 Å². The van der Waals surface area contributed by atoms with Crippen LogP contribution < -0.4 is 0 Å². The van der Waals surface area contributed by atoms with Crippen LogP contribution in [0.3, 0.4) is 0 Å². The maximum absolute atomic E-state index is 13.4. The number of hydrogen-bond donors (Lipinski definition) is 0. The molecule has 0 spiro atoms. The van der Waals surface area contributed by atoms with E-state index in [-0.39, 0.29) is 25.2 Å². The molecule has 0 saturated carbocycles. The fraction of sp³-hybridized carbons (Fsp3) is 0.875. The van der Waals surface area contributed by atoms with Gasteiger partial charge in [-0.1, -0.05) is 54.5 Å². The van der Waals surface area contributed by atoms with Crippen LogP contribution in [0.25, 0.3) is 0 Å². The van der Waals surface area contributed by atoms with Gasteiger partial charge in [-0.25, -0.2) is 0 Å². The second-order valence-electron chi connectivity index (χ2n) is 7.60. The zero-order chi connectivity index (χ0) is 21.6. The molecule has 2 aliphatic rings. The summed E-state index contributed by atoms with van der Waals surface area (Å²) in [5.74, 6) is 0.846. The van der Waals surface area contributed by atoms with Gasteiger partial charge >= 0.3 is 0 Å². The van der Waals surface area contributed by atoms with Gasteiger partial charge in [-0.3, -0.25) is 9.69 Å². The summed E-state index contributed by atoms with van der Waals surface area (Å²) in [6.07, 6.45) is 6.61. The first-order valence-corrected chi connectivity index (χ1v) is 11.3. The molecule has 2 saturated heterocycles. The molecule has 0 bridgehead atoms. The van der Waals surface area contributed by atoms with Crippen molar-refractivity contribution in [2.24, 2.45) is 5.92 Å². The van der Waals surface area contributed by atoms with E-state index in [9.17, 15) is 4.79 Å². The van der Waals surface area contributed by atoms with Crippen molar-refractivity contribution in [1.82, 2.24) is 9.80 Å². The molecule has 29 heavy (non-hydrogen) atoms. The second-order valence-corrected chi connectivity index (χ2v) is 7.60. The van der Waals surface area contributed by atoms with Gasteiger partial charge in [0.2, 0.25) is 5.91 Å². The molecule has 0 aromatic heterocycles. The Labute approximate surface area is 181 Å². The standard InChI is InChI=1S/C18H34N2O3.C3H6.C2H6.CH4/c1-5-11-22-16-14-20(10-12-23-16)17(21)18(13-15(3)6-2)8-7-9-19(18)4;1-3-2;1-2;/h15-16H,5-14H2,1-4H3;3H,1H2,2H3;1-2H3;1H4. The lowest BCUT2D eigenvalue weighted by atomic mass is 9.83. The summed E-state index contributed by atoms with van der Waals surface area (Å²) < 4.78 is 11.4. The Morgan fingerprint density at radius 1 is 1.34 bits per heavy atom. The molecule has 2 rings (SSSR count). The lowest BCUT2D eigenvalue weighted by Gasteiger charge is -2.43. The number of amides is 1. The van der Waals surface area contributed by atoms with Gasteiger partial charge in [-0.2, -0.15) is 0 Å². The van der Waals surface area contributed by atoms with Gasteiger partial charge in [0.25, 0.3) is 0 Å². The van der Waals surface area contributed by atoms with Crippen LogP contribution in [-0.2, 0) is 14.3 Å². The Kier molecular flexibility index (Phi) is 17.6. The third kappa shape index (κ3) is 9.18. The number of carbonyl (C=O) groups is 1. The molecule has 2 heterocycles. The van der Waals surface area contributed by atoms with Gasteiger partial charge in [0.15, 0.2) is 6.29 Å². The van der Waals surface area contributed by atoms with Crippen molar-refractivity contribution in [2.45, 2.75) is 92.9 Å². The summed E-state index contributed by atoms with van der Waals surface area (Å²) >= 11 is 0. The third-order valence-electron chi connectivity index (χ3n) is 5.43. The molecule has 1 amide bonds. The van der Waals surface area contributed by atoms with Crippen molar-refractivity contribution < 1.29 is 14.3 Å². The number of ether oxygens (including phenoxy) is 2. The maximum atomic E-state index is 13.4. The highest BCUT2D eigenvalue weighted by molar-refractivity contribution is 5.87. The molecule has 5 nitrogen and oxygen atoms in total. The molecule has 0 aromatic carbocycles. The van der Waals surface area contributed by atoms with Crippen LogP contribution in [0.15, 0.2) is 12.7 Å². The van der Waals surface area contributed by atoms with Gasteiger partial charge in [-0.15, -0.1) is 6.58 Å². The van der Waals surface area contributed by atoms with E-state index in [0.717, 1.165) is 38.6 Å². The van der Waals surface area contributed by atoms with E-state index in [0.29, 0.717) is 32.2 Å². The van der Waals surface area contributed by atoms with Crippen molar-refractivity contribution >= 4 is 5.91 Å². The SMILES string of the molecule is C.C=CC.CC.CCCOC1CN(C(=O)C2(CC(C)CC)CCCN2C)CCO1. The Balaban J connectivity index is 0. The molecule has 2 aliphatic heterocycles. The highest BCUT2D eigenvalue weighted by Crippen LogP contribution is 2.36. The van der Waals surface area contributed by atoms with Crippen LogP contribution in [0.4, 0.5) is 0 Å². The van der Waals surface area contributed by atoms with E-state index in [2.05, 4.69) is 39.3 Å². The molecule has 3 atom stereocenters. The summed E-state index contributed by atoms with van der Waals surface area (Å²) in [6.45, 7) is 19.3. The zero-order valence-electron chi connectivity index (χ0n) is 19.6. The van der Waals surface area contributed by atoms with Crippen molar-refractivity contribution in [3.8, 4) is 0 Å². The summed E-state index contributed by atoms with van der Waals surface area (Å²) in [7, 11) is 2.11. The third-order valence-corrected chi connectivity index (χ3v) is 5.43. The normalized spacial score (nSPS) is 24.9. The molecule has 5 heteroatoms. The predicted octanol–water partition coefficient (Wildman–Crippen LogP) is 5.35. The van der Waals surface area contributed by atoms with Gasteiger partial charge in [0.1, 0.15) is 5.54 Å². The van der Waals surface area contributed by atoms with E-state index in [1.54, 1.807) is 6.08 Å². The Hall–Kier alpha value is -0.910. The van der Waals surface area contributed by atoms with Gasteiger partial charge in [-0.05, 0) is 52.1 Å². The number of nitrogens with zero attached hydrogens (tertiary/aromatic N) is 2. The number of morpholine rings is 1. The lowest BCUT2D eigenvalue weighted by molar-refractivity contribution is -0.190. The summed E-state index contributed by atoms with van der Waals surface area (Å²) in [6, 6.07) is 0. The van der Waals surface area contributed by atoms with Crippen LogP contribution >= 0.6 is 0 Å². The second kappa shape index (κ2) is 16.8. The lowest BCUT2D eigenvalue weighted by Crippen LogP contribution is -2.59. The number of allylic oxidation sites excluding steroid dienone is 1. The van der Waals surface area contributed by atoms with Crippen LogP contribution in [0.5, 0.6) is 0 Å².